The van der Waals surface area contributed by atoms with Gasteiger partial charge in [0.2, 0.25) is 11.8 Å². The van der Waals surface area contributed by atoms with Gasteiger partial charge >= 0.3 is 0 Å². The zero-order valence-corrected chi connectivity index (χ0v) is 15.9. The zero-order chi connectivity index (χ0) is 20.8. The highest BCUT2D eigenvalue weighted by Crippen LogP contribution is 2.19. The van der Waals surface area contributed by atoms with Gasteiger partial charge < -0.3 is 20.7 Å². The fourth-order valence-corrected chi connectivity index (χ4v) is 2.94. The monoisotopic (exact) mass is 395 g/mol. The Morgan fingerprint density at radius 2 is 1.79 bits per heavy atom. The van der Waals surface area contributed by atoms with E-state index in [4.69, 9.17) is 4.74 Å². The minimum Gasteiger partial charge on any atom is -0.497 e. The van der Waals surface area contributed by atoms with Gasteiger partial charge in [-0.1, -0.05) is 12.1 Å². The maximum atomic E-state index is 12.3. The molecule has 3 amide bonds. The Bertz CT molecular complexity index is 940. The van der Waals surface area contributed by atoms with Gasteiger partial charge in [-0.2, -0.15) is 0 Å². The number of para-hydroxylation sites is 1. The molecular formula is C21H21N3O5. The largest absolute Gasteiger partial charge is 0.497 e. The van der Waals surface area contributed by atoms with Crippen LogP contribution in [0.25, 0.3) is 0 Å². The van der Waals surface area contributed by atoms with E-state index in [1.165, 1.54) is 7.11 Å². The number of anilines is 1. The fourth-order valence-electron chi connectivity index (χ4n) is 2.94. The highest BCUT2D eigenvalue weighted by molar-refractivity contribution is 6.09. The van der Waals surface area contributed by atoms with E-state index in [-0.39, 0.29) is 42.9 Å². The molecule has 0 radical (unpaired) electrons. The van der Waals surface area contributed by atoms with Crippen molar-refractivity contribution in [3.05, 3.63) is 59.7 Å². The standard InChI is InChI=1S/C21H21N3O5/c1-29-14-8-6-13(7-9-14)18(25)12-22-19(26)11-10-17-21(28)23-16-5-3-2-4-15(16)20(27)24-17/h2-9,17H,10-12H2,1H3,(H,22,26)(H,23,28)(H,24,27)/t17-/m1/s1. The molecule has 0 spiro atoms. The van der Waals surface area contributed by atoms with Crippen LogP contribution in [0.5, 0.6) is 5.75 Å². The summed E-state index contributed by atoms with van der Waals surface area (Å²) in [5.74, 6) is -0.742. The Kier molecular flexibility index (Phi) is 6.23. The molecule has 8 nitrogen and oxygen atoms in total. The number of hydrogen-bond acceptors (Lipinski definition) is 5. The van der Waals surface area contributed by atoms with Crippen LogP contribution in [-0.2, 0) is 9.59 Å². The summed E-state index contributed by atoms with van der Waals surface area (Å²) in [5.41, 5.74) is 1.27. The van der Waals surface area contributed by atoms with Crippen molar-refractivity contribution < 1.29 is 23.9 Å². The number of nitrogens with one attached hydrogen (secondary N) is 3. The zero-order valence-electron chi connectivity index (χ0n) is 15.9. The molecule has 0 saturated carbocycles. The summed E-state index contributed by atoms with van der Waals surface area (Å²) < 4.78 is 5.04. The molecule has 0 fully saturated rings. The first-order valence-electron chi connectivity index (χ1n) is 9.12. The first-order valence-corrected chi connectivity index (χ1v) is 9.12. The number of Topliss-reactive ketones (excluding diaryl/α,β-unsaturated/α-hetero) is 1. The molecule has 2 aromatic rings. The SMILES string of the molecule is COc1ccc(C(=O)CNC(=O)CC[C@H]2NC(=O)c3ccccc3NC2=O)cc1. The minimum atomic E-state index is -0.835. The van der Waals surface area contributed by atoms with E-state index < -0.39 is 6.04 Å². The van der Waals surface area contributed by atoms with E-state index in [9.17, 15) is 19.2 Å². The predicted molar refractivity (Wildman–Crippen MR) is 106 cm³/mol. The van der Waals surface area contributed by atoms with E-state index in [1.807, 2.05) is 0 Å². The fraction of sp³-hybridized carbons (Fsp3) is 0.238. The third kappa shape index (κ3) is 4.98. The van der Waals surface area contributed by atoms with Crippen LogP contribution in [0, 0.1) is 0 Å². The van der Waals surface area contributed by atoms with Crippen LogP contribution in [0.4, 0.5) is 5.69 Å². The molecule has 0 bridgehead atoms. The highest BCUT2D eigenvalue weighted by atomic mass is 16.5. The van der Waals surface area contributed by atoms with Crippen LogP contribution in [0.1, 0.15) is 33.6 Å². The molecule has 0 aliphatic carbocycles. The summed E-state index contributed by atoms with van der Waals surface area (Å²) in [7, 11) is 1.53. The topological polar surface area (TPSA) is 114 Å². The van der Waals surface area contributed by atoms with Crippen LogP contribution in [0.3, 0.4) is 0 Å². The smallest absolute Gasteiger partial charge is 0.254 e. The van der Waals surface area contributed by atoms with Gasteiger partial charge in [-0.05, 0) is 42.8 Å². The molecule has 0 unspecified atom stereocenters. The maximum absolute atomic E-state index is 12.3. The molecule has 150 valence electrons. The molecule has 3 rings (SSSR count). The Hall–Kier alpha value is -3.68. The average Bonchev–Trinajstić information content (AvgIpc) is 2.86. The van der Waals surface area contributed by atoms with Crippen molar-refractivity contribution in [1.82, 2.24) is 10.6 Å². The molecule has 2 aromatic carbocycles. The van der Waals surface area contributed by atoms with Gasteiger partial charge in [-0.3, -0.25) is 19.2 Å². The lowest BCUT2D eigenvalue weighted by atomic mass is 10.1. The van der Waals surface area contributed by atoms with Crippen LogP contribution in [0.15, 0.2) is 48.5 Å². The number of benzene rings is 2. The lowest BCUT2D eigenvalue weighted by molar-refractivity contribution is -0.121. The highest BCUT2D eigenvalue weighted by Gasteiger charge is 2.27. The summed E-state index contributed by atoms with van der Waals surface area (Å²) in [4.78, 5) is 48.8. The van der Waals surface area contributed by atoms with Crippen molar-refractivity contribution in [2.24, 2.45) is 0 Å². The van der Waals surface area contributed by atoms with Crippen molar-refractivity contribution >= 4 is 29.2 Å². The van der Waals surface area contributed by atoms with Crippen molar-refractivity contribution in [2.75, 3.05) is 19.0 Å². The van der Waals surface area contributed by atoms with Crippen LogP contribution in [0.2, 0.25) is 0 Å². The Balaban J connectivity index is 1.49. The number of methoxy groups -OCH3 is 1. The van der Waals surface area contributed by atoms with Crippen molar-refractivity contribution in [1.29, 1.82) is 0 Å². The average molecular weight is 395 g/mol. The summed E-state index contributed by atoms with van der Waals surface area (Å²) >= 11 is 0. The Morgan fingerprint density at radius 3 is 2.52 bits per heavy atom. The molecule has 1 heterocycles. The van der Waals surface area contributed by atoms with Crippen molar-refractivity contribution in [3.8, 4) is 5.75 Å². The minimum absolute atomic E-state index is 0.00932. The number of carbonyl (C=O) groups is 4. The summed E-state index contributed by atoms with van der Waals surface area (Å²) in [5, 5.41) is 7.87. The quantitative estimate of drug-likeness (QED) is 0.615. The molecule has 8 heteroatoms. The molecule has 0 saturated heterocycles. The van der Waals surface area contributed by atoms with E-state index in [0.29, 0.717) is 22.6 Å². The second-order valence-corrected chi connectivity index (χ2v) is 6.53. The normalized spacial score (nSPS) is 15.4. The van der Waals surface area contributed by atoms with Gasteiger partial charge in [0.15, 0.2) is 5.78 Å². The number of ether oxygens (including phenoxy) is 1. The van der Waals surface area contributed by atoms with Gasteiger partial charge in [-0.15, -0.1) is 0 Å². The van der Waals surface area contributed by atoms with E-state index >= 15 is 0 Å². The summed E-state index contributed by atoms with van der Waals surface area (Å²) in [6.45, 7) is -0.153. The maximum Gasteiger partial charge on any atom is 0.254 e. The van der Waals surface area contributed by atoms with Crippen LogP contribution >= 0.6 is 0 Å². The molecule has 0 aromatic heterocycles. The van der Waals surface area contributed by atoms with Crippen molar-refractivity contribution in [2.45, 2.75) is 18.9 Å². The summed E-state index contributed by atoms with van der Waals surface area (Å²) in [6, 6.07) is 12.4. The number of rotatable bonds is 7. The van der Waals surface area contributed by atoms with E-state index in [1.54, 1.807) is 48.5 Å². The van der Waals surface area contributed by atoms with Crippen LogP contribution < -0.4 is 20.7 Å². The summed E-state index contributed by atoms with van der Waals surface area (Å²) in [6.07, 6.45) is 0.110. The molecule has 1 atom stereocenters. The lowest BCUT2D eigenvalue weighted by Crippen LogP contribution is -2.42. The number of carbonyl (C=O) groups excluding carboxylic acids is 4. The Labute approximate surface area is 167 Å². The second kappa shape index (κ2) is 9.01. The lowest BCUT2D eigenvalue weighted by Gasteiger charge is -2.14. The molecular weight excluding hydrogens is 374 g/mol. The van der Waals surface area contributed by atoms with Gasteiger partial charge in [0.05, 0.1) is 24.9 Å². The molecule has 29 heavy (non-hydrogen) atoms. The number of fused-ring (bicyclic) bond motifs is 1. The van der Waals surface area contributed by atoms with E-state index in [2.05, 4.69) is 16.0 Å². The van der Waals surface area contributed by atoms with Crippen molar-refractivity contribution in [3.63, 3.8) is 0 Å². The third-order valence-corrected chi connectivity index (χ3v) is 4.57. The van der Waals surface area contributed by atoms with Crippen LogP contribution in [-0.4, -0.2) is 43.2 Å². The number of hydrogen-bond donors (Lipinski definition) is 3. The molecule has 1 aliphatic heterocycles. The second-order valence-electron chi connectivity index (χ2n) is 6.53. The Morgan fingerprint density at radius 1 is 1.07 bits per heavy atom. The molecule has 1 aliphatic rings. The molecule has 3 N–H and O–H groups in total. The predicted octanol–water partition coefficient (Wildman–Crippen LogP) is 1.52. The van der Waals surface area contributed by atoms with Gasteiger partial charge in [0.1, 0.15) is 11.8 Å². The first kappa shape index (κ1) is 20.1. The third-order valence-electron chi connectivity index (χ3n) is 4.57. The van der Waals surface area contributed by atoms with Gasteiger partial charge in [0, 0.05) is 12.0 Å². The van der Waals surface area contributed by atoms with Gasteiger partial charge in [-0.25, -0.2) is 0 Å². The number of amides is 3. The first-order chi connectivity index (χ1) is 14.0. The number of ketones is 1. The van der Waals surface area contributed by atoms with Gasteiger partial charge in [0.25, 0.3) is 5.91 Å². The van der Waals surface area contributed by atoms with E-state index in [0.717, 1.165) is 0 Å².